The molecule has 0 N–H and O–H groups in total. The van der Waals surface area contributed by atoms with Crippen molar-refractivity contribution in [2.75, 3.05) is 26.7 Å². The van der Waals surface area contributed by atoms with Crippen LogP contribution in [0.5, 0.6) is 0 Å². The minimum atomic E-state index is -0.612. The predicted octanol–water partition coefficient (Wildman–Crippen LogP) is 1.91. The van der Waals surface area contributed by atoms with Crippen molar-refractivity contribution in [2.45, 2.75) is 38.3 Å². The lowest BCUT2D eigenvalue weighted by Gasteiger charge is -2.41. The summed E-state index contributed by atoms with van der Waals surface area (Å²) in [7, 11) is 1.76. The Kier molecular flexibility index (Phi) is 4.66. The van der Waals surface area contributed by atoms with Crippen molar-refractivity contribution in [2.24, 2.45) is 0 Å². The summed E-state index contributed by atoms with van der Waals surface area (Å²) in [6, 6.07) is 7.62. The average molecular weight is 316 g/mol. The maximum Gasteiger partial charge on any atom is 0.254 e. The molecule has 1 aromatic rings. The number of carbonyl (C=O) groups is 2. The van der Waals surface area contributed by atoms with Gasteiger partial charge in [0.25, 0.3) is 5.91 Å². The van der Waals surface area contributed by atoms with E-state index in [1.54, 1.807) is 11.9 Å². The molecule has 2 saturated heterocycles. The number of piperidine rings is 1. The Morgan fingerprint density at radius 1 is 1.13 bits per heavy atom. The van der Waals surface area contributed by atoms with Crippen LogP contribution in [0.2, 0.25) is 0 Å². The molecule has 1 aromatic carbocycles. The molecule has 5 nitrogen and oxygen atoms in total. The number of hydrogen-bond acceptors (Lipinski definition) is 3. The first-order valence-electron chi connectivity index (χ1n) is 8.30. The largest absolute Gasteiger partial charge is 0.356 e. The van der Waals surface area contributed by atoms with Crippen LogP contribution in [-0.4, -0.2) is 54.5 Å². The van der Waals surface area contributed by atoms with Crippen molar-refractivity contribution in [1.29, 1.82) is 0 Å². The predicted molar refractivity (Wildman–Crippen MR) is 86.9 cm³/mol. The Morgan fingerprint density at radius 2 is 1.78 bits per heavy atom. The lowest BCUT2D eigenvalue weighted by Crippen LogP contribution is -2.54. The van der Waals surface area contributed by atoms with Crippen molar-refractivity contribution in [1.82, 2.24) is 9.80 Å². The van der Waals surface area contributed by atoms with Gasteiger partial charge < -0.3 is 14.5 Å². The Hall–Kier alpha value is -1.88. The van der Waals surface area contributed by atoms with E-state index in [-0.39, 0.29) is 24.5 Å². The van der Waals surface area contributed by atoms with Crippen LogP contribution in [0, 0.1) is 6.92 Å². The molecule has 124 valence electrons. The zero-order valence-corrected chi connectivity index (χ0v) is 13.8. The lowest BCUT2D eigenvalue weighted by atomic mass is 9.96. The lowest BCUT2D eigenvalue weighted by molar-refractivity contribution is -0.167. The van der Waals surface area contributed by atoms with Gasteiger partial charge in [0.2, 0.25) is 5.91 Å². The van der Waals surface area contributed by atoms with Gasteiger partial charge >= 0.3 is 0 Å². The molecule has 0 saturated carbocycles. The van der Waals surface area contributed by atoms with Crippen molar-refractivity contribution in [3.63, 3.8) is 0 Å². The van der Waals surface area contributed by atoms with E-state index in [0.717, 1.165) is 37.1 Å². The number of carbonyl (C=O) groups excluding carboxylic acids is 2. The molecule has 2 amide bonds. The molecule has 2 aliphatic heterocycles. The third-order valence-electron chi connectivity index (χ3n) is 4.81. The standard InChI is InChI=1S/C18H24N2O3/c1-13-6-8-14(9-7-13)16-17(23-12-15(21)19(16)2)18(22)20-10-4-3-5-11-20/h6-9,16-17H,3-5,10-12H2,1-2H3/t16-,17-/m1/s1. The van der Waals surface area contributed by atoms with Gasteiger partial charge in [-0.3, -0.25) is 9.59 Å². The molecule has 2 fully saturated rings. The van der Waals surface area contributed by atoms with E-state index in [2.05, 4.69) is 0 Å². The van der Waals surface area contributed by atoms with Gasteiger partial charge in [-0.15, -0.1) is 0 Å². The molecule has 0 aliphatic carbocycles. The van der Waals surface area contributed by atoms with Crippen LogP contribution in [0.25, 0.3) is 0 Å². The van der Waals surface area contributed by atoms with Crippen molar-refractivity contribution >= 4 is 11.8 Å². The molecule has 2 atom stereocenters. The molecule has 2 heterocycles. The first-order chi connectivity index (χ1) is 11.1. The maximum absolute atomic E-state index is 12.9. The number of hydrogen-bond donors (Lipinski definition) is 0. The van der Waals surface area contributed by atoms with Crippen LogP contribution < -0.4 is 0 Å². The van der Waals surface area contributed by atoms with Crippen LogP contribution in [0.15, 0.2) is 24.3 Å². The van der Waals surface area contributed by atoms with Crippen LogP contribution in [0.4, 0.5) is 0 Å². The van der Waals surface area contributed by atoms with E-state index >= 15 is 0 Å². The van der Waals surface area contributed by atoms with E-state index in [0.29, 0.717) is 0 Å². The maximum atomic E-state index is 12.9. The number of aryl methyl sites for hydroxylation is 1. The molecule has 0 unspecified atom stereocenters. The molecule has 23 heavy (non-hydrogen) atoms. The fourth-order valence-electron chi connectivity index (χ4n) is 3.37. The van der Waals surface area contributed by atoms with Gasteiger partial charge in [0.05, 0.1) is 6.04 Å². The number of morpholine rings is 1. The second-order valence-corrected chi connectivity index (χ2v) is 6.48. The summed E-state index contributed by atoms with van der Waals surface area (Å²) in [6.45, 7) is 3.57. The highest BCUT2D eigenvalue weighted by molar-refractivity contribution is 5.86. The number of benzene rings is 1. The highest BCUT2D eigenvalue weighted by atomic mass is 16.5. The second-order valence-electron chi connectivity index (χ2n) is 6.48. The van der Waals surface area contributed by atoms with Crippen molar-refractivity contribution < 1.29 is 14.3 Å². The van der Waals surface area contributed by atoms with E-state index in [9.17, 15) is 9.59 Å². The van der Waals surface area contributed by atoms with Crippen LogP contribution in [-0.2, 0) is 14.3 Å². The van der Waals surface area contributed by atoms with Crippen LogP contribution in [0.1, 0.15) is 36.4 Å². The molecule has 5 heteroatoms. The molecule has 3 rings (SSSR count). The smallest absolute Gasteiger partial charge is 0.254 e. The number of rotatable bonds is 2. The van der Waals surface area contributed by atoms with Gasteiger partial charge in [0.1, 0.15) is 6.61 Å². The summed E-state index contributed by atoms with van der Waals surface area (Å²) in [5, 5.41) is 0. The molecular formula is C18H24N2O3. The third kappa shape index (κ3) is 3.24. The average Bonchev–Trinajstić information content (AvgIpc) is 2.58. The fraction of sp³-hybridized carbons (Fsp3) is 0.556. The van der Waals surface area contributed by atoms with E-state index in [1.807, 2.05) is 36.1 Å². The molecule has 2 aliphatic rings. The fourth-order valence-corrected chi connectivity index (χ4v) is 3.37. The summed E-state index contributed by atoms with van der Waals surface area (Å²) in [6.07, 6.45) is 2.65. The molecule has 0 aromatic heterocycles. The van der Waals surface area contributed by atoms with E-state index in [1.165, 1.54) is 6.42 Å². The van der Waals surface area contributed by atoms with Gasteiger partial charge in [-0.05, 0) is 31.7 Å². The van der Waals surface area contributed by atoms with E-state index < -0.39 is 6.10 Å². The van der Waals surface area contributed by atoms with Gasteiger partial charge in [-0.25, -0.2) is 0 Å². The molecule has 0 spiro atoms. The summed E-state index contributed by atoms with van der Waals surface area (Å²) in [5.74, 6) is -0.0760. The number of ether oxygens (including phenoxy) is 1. The highest BCUT2D eigenvalue weighted by Crippen LogP contribution is 2.31. The van der Waals surface area contributed by atoms with Crippen LogP contribution >= 0.6 is 0 Å². The summed E-state index contributed by atoms with van der Waals surface area (Å²) in [5.41, 5.74) is 2.10. The molecular weight excluding hydrogens is 292 g/mol. The van der Waals surface area contributed by atoms with Gasteiger partial charge in [0, 0.05) is 20.1 Å². The van der Waals surface area contributed by atoms with Crippen molar-refractivity contribution in [3.05, 3.63) is 35.4 Å². The van der Waals surface area contributed by atoms with E-state index in [4.69, 9.17) is 4.74 Å². The highest BCUT2D eigenvalue weighted by Gasteiger charge is 2.41. The second kappa shape index (κ2) is 6.71. The minimum Gasteiger partial charge on any atom is -0.356 e. The van der Waals surface area contributed by atoms with Crippen LogP contribution in [0.3, 0.4) is 0 Å². The first-order valence-corrected chi connectivity index (χ1v) is 8.30. The molecule has 0 radical (unpaired) electrons. The minimum absolute atomic E-state index is 0.00891. The summed E-state index contributed by atoms with van der Waals surface area (Å²) >= 11 is 0. The number of amides is 2. The quantitative estimate of drug-likeness (QED) is 0.837. The topological polar surface area (TPSA) is 49.9 Å². The number of likely N-dealkylation sites (tertiary alicyclic amines) is 1. The zero-order valence-electron chi connectivity index (χ0n) is 13.8. The van der Waals surface area contributed by atoms with Gasteiger partial charge in [0.15, 0.2) is 6.10 Å². The Morgan fingerprint density at radius 3 is 2.43 bits per heavy atom. The Bertz CT molecular complexity index is 578. The van der Waals surface area contributed by atoms with Gasteiger partial charge in [-0.1, -0.05) is 29.8 Å². The zero-order chi connectivity index (χ0) is 16.4. The third-order valence-corrected chi connectivity index (χ3v) is 4.81. The van der Waals surface area contributed by atoms with Gasteiger partial charge in [-0.2, -0.15) is 0 Å². The normalized spacial score (nSPS) is 25.6. The Labute approximate surface area is 137 Å². The summed E-state index contributed by atoms with van der Waals surface area (Å²) < 4.78 is 5.69. The summed E-state index contributed by atoms with van der Waals surface area (Å²) in [4.78, 5) is 28.5. The molecule has 0 bridgehead atoms. The number of likely N-dealkylation sites (N-methyl/N-ethyl adjacent to an activating group) is 1. The van der Waals surface area contributed by atoms with Crippen molar-refractivity contribution in [3.8, 4) is 0 Å². The SMILES string of the molecule is Cc1ccc([C@@H]2[C@H](C(=O)N3CCCCC3)OCC(=O)N2C)cc1. The first kappa shape index (κ1) is 16.0. The Balaban J connectivity index is 1.87. The number of nitrogens with zero attached hydrogens (tertiary/aromatic N) is 2. The monoisotopic (exact) mass is 316 g/mol.